The molecule has 0 radical (unpaired) electrons. The van der Waals surface area contributed by atoms with E-state index in [1.165, 1.54) is 18.2 Å². The van der Waals surface area contributed by atoms with Crippen molar-refractivity contribution in [1.29, 1.82) is 0 Å². The van der Waals surface area contributed by atoms with Gasteiger partial charge in [0, 0.05) is 37.2 Å². The monoisotopic (exact) mass is 561 g/mol. The van der Waals surface area contributed by atoms with Crippen molar-refractivity contribution in [3.8, 4) is 11.1 Å². The van der Waals surface area contributed by atoms with E-state index in [-0.39, 0.29) is 23.3 Å². The predicted molar refractivity (Wildman–Crippen MR) is 137 cm³/mol. The lowest BCUT2D eigenvalue weighted by Gasteiger charge is -2.33. The van der Waals surface area contributed by atoms with Crippen molar-refractivity contribution in [3.05, 3.63) is 95.1 Å². The van der Waals surface area contributed by atoms with Gasteiger partial charge in [0.1, 0.15) is 5.71 Å². The molecule has 0 atom stereocenters. The Bertz CT molecular complexity index is 1410. The second-order valence-electron chi connectivity index (χ2n) is 9.73. The maximum absolute atomic E-state index is 13.6. The standard InChI is InChI=1S/C30H25F6NO3/c1-19(38)40-37-26(17-20-7-3-2-4-8-20)27(39)21-11-12-23-22-9-5-6-10-24(22)28(25(23)18-21,13-15-29(31,32)33)14-16-30(34,35)36/h2-12,18H,13-17H2,1H3/b37-26+. The highest BCUT2D eigenvalue weighted by atomic mass is 19.4. The van der Waals surface area contributed by atoms with E-state index in [0.717, 1.165) is 6.92 Å². The second kappa shape index (κ2) is 11.3. The molecule has 0 unspecified atom stereocenters. The number of carbonyl (C=O) groups is 2. The molecule has 1 aliphatic rings. The molecule has 3 aromatic rings. The fourth-order valence-corrected chi connectivity index (χ4v) is 5.20. The van der Waals surface area contributed by atoms with Gasteiger partial charge in [-0.15, -0.1) is 0 Å². The van der Waals surface area contributed by atoms with Gasteiger partial charge in [-0.1, -0.05) is 71.9 Å². The molecule has 1 aliphatic carbocycles. The largest absolute Gasteiger partial charge is 0.389 e. The molecular weight excluding hydrogens is 536 g/mol. The lowest BCUT2D eigenvalue weighted by Crippen LogP contribution is -2.30. The molecule has 0 heterocycles. The van der Waals surface area contributed by atoms with Crippen molar-refractivity contribution in [2.24, 2.45) is 5.16 Å². The Morgan fingerprint density at radius 1 is 0.775 bits per heavy atom. The van der Waals surface area contributed by atoms with Gasteiger partial charge in [0.05, 0.1) is 0 Å². The number of halogens is 6. The van der Waals surface area contributed by atoms with Crippen LogP contribution in [-0.4, -0.2) is 29.8 Å². The van der Waals surface area contributed by atoms with Gasteiger partial charge in [0.25, 0.3) is 0 Å². The molecule has 210 valence electrons. The summed E-state index contributed by atoms with van der Waals surface area (Å²) in [4.78, 5) is 29.7. The van der Waals surface area contributed by atoms with Crippen molar-refractivity contribution < 1.29 is 40.8 Å². The number of oxime groups is 1. The summed E-state index contributed by atoms with van der Waals surface area (Å²) >= 11 is 0. The molecule has 0 fully saturated rings. The summed E-state index contributed by atoms with van der Waals surface area (Å²) in [6.07, 6.45) is -13.1. The van der Waals surface area contributed by atoms with Gasteiger partial charge in [0.15, 0.2) is 0 Å². The number of nitrogens with zero attached hydrogens (tertiary/aromatic N) is 1. The van der Waals surface area contributed by atoms with Crippen molar-refractivity contribution in [2.75, 3.05) is 0 Å². The number of Topliss-reactive ketones (excluding diaryl/α,β-unsaturated/α-hetero) is 1. The van der Waals surface area contributed by atoms with Crippen LogP contribution in [0.1, 0.15) is 59.7 Å². The van der Waals surface area contributed by atoms with Gasteiger partial charge < -0.3 is 4.84 Å². The Balaban J connectivity index is 1.83. The smallest absolute Gasteiger partial charge is 0.318 e. The van der Waals surface area contributed by atoms with Crippen LogP contribution in [0.3, 0.4) is 0 Å². The zero-order chi connectivity index (χ0) is 29.1. The van der Waals surface area contributed by atoms with Crippen molar-refractivity contribution in [2.45, 2.75) is 56.8 Å². The molecule has 0 N–H and O–H groups in total. The number of carbonyl (C=O) groups excluding carboxylic acids is 2. The van der Waals surface area contributed by atoms with E-state index >= 15 is 0 Å². The van der Waals surface area contributed by atoms with Crippen molar-refractivity contribution in [1.82, 2.24) is 0 Å². The first-order valence-corrected chi connectivity index (χ1v) is 12.5. The van der Waals surface area contributed by atoms with Crippen molar-refractivity contribution in [3.63, 3.8) is 0 Å². The highest BCUT2D eigenvalue weighted by molar-refractivity contribution is 6.46. The van der Waals surface area contributed by atoms with Crippen LogP contribution in [0.25, 0.3) is 11.1 Å². The molecule has 40 heavy (non-hydrogen) atoms. The molecule has 0 aliphatic heterocycles. The minimum absolute atomic E-state index is 0.0109. The zero-order valence-electron chi connectivity index (χ0n) is 21.4. The molecule has 0 bridgehead atoms. The van der Waals surface area contributed by atoms with E-state index in [9.17, 15) is 35.9 Å². The first kappa shape index (κ1) is 29.0. The van der Waals surface area contributed by atoms with Crippen LogP contribution >= 0.6 is 0 Å². The van der Waals surface area contributed by atoms with E-state index in [1.54, 1.807) is 54.6 Å². The lowest BCUT2D eigenvalue weighted by molar-refractivity contribution is -0.144. The van der Waals surface area contributed by atoms with Gasteiger partial charge in [-0.3, -0.25) is 4.79 Å². The summed E-state index contributed by atoms with van der Waals surface area (Å²) in [5.74, 6) is -1.43. The molecule has 0 spiro atoms. The zero-order valence-corrected chi connectivity index (χ0v) is 21.4. The average Bonchev–Trinajstić information content (AvgIpc) is 3.17. The normalized spacial score (nSPS) is 14.4. The fraction of sp³-hybridized carbons (Fsp3) is 0.300. The van der Waals surface area contributed by atoms with Crippen LogP contribution in [0.2, 0.25) is 0 Å². The average molecular weight is 562 g/mol. The van der Waals surface area contributed by atoms with E-state index in [4.69, 9.17) is 4.84 Å². The Morgan fingerprint density at radius 2 is 1.35 bits per heavy atom. The molecule has 0 amide bonds. The quantitative estimate of drug-likeness (QED) is 0.0875. The number of benzene rings is 3. The minimum Gasteiger partial charge on any atom is -0.318 e. The van der Waals surface area contributed by atoms with Crippen LogP contribution in [0.5, 0.6) is 0 Å². The minimum atomic E-state index is -4.60. The number of fused-ring (bicyclic) bond motifs is 3. The van der Waals surface area contributed by atoms with Crippen molar-refractivity contribution >= 4 is 17.5 Å². The van der Waals surface area contributed by atoms with E-state index in [0.29, 0.717) is 22.3 Å². The third-order valence-electron chi connectivity index (χ3n) is 6.96. The van der Waals surface area contributed by atoms with Crippen LogP contribution < -0.4 is 0 Å². The topological polar surface area (TPSA) is 55.7 Å². The predicted octanol–water partition coefficient (Wildman–Crippen LogP) is 7.98. The van der Waals surface area contributed by atoms with Gasteiger partial charge in [-0.25, -0.2) is 4.79 Å². The summed E-state index contributed by atoms with van der Waals surface area (Å²) < 4.78 is 80.7. The summed E-state index contributed by atoms with van der Waals surface area (Å²) in [6.45, 7) is 1.11. The Hall–Kier alpha value is -3.95. The molecular formula is C30H25F6NO3. The molecule has 4 nitrogen and oxygen atoms in total. The molecule has 0 saturated carbocycles. The number of hydrogen-bond donors (Lipinski definition) is 0. The van der Waals surface area contributed by atoms with Gasteiger partial charge in [-0.05, 0) is 46.7 Å². The van der Waals surface area contributed by atoms with Gasteiger partial charge >= 0.3 is 18.3 Å². The first-order chi connectivity index (χ1) is 18.8. The Morgan fingerprint density at radius 3 is 1.95 bits per heavy atom. The molecule has 4 rings (SSSR count). The van der Waals surface area contributed by atoms with Crippen LogP contribution in [0.4, 0.5) is 26.3 Å². The lowest BCUT2D eigenvalue weighted by atomic mass is 9.71. The van der Waals surface area contributed by atoms with Crippen LogP contribution in [-0.2, 0) is 21.5 Å². The highest BCUT2D eigenvalue weighted by Gasteiger charge is 2.47. The van der Waals surface area contributed by atoms with Gasteiger partial charge in [-0.2, -0.15) is 26.3 Å². The highest BCUT2D eigenvalue weighted by Crippen LogP contribution is 2.55. The maximum Gasteiger partial charge on any atom is 0.389 e. The number of hydrogen-bond acceptors (Lipinski definition) is 4. The molecule has 0 aromatic heterocycles. The SMILES string of the molecule is CC(=O)O/N=C(\Cc1ccccc1)C(=O)c1ccc2c(c1)C(CCC(F)(F)F)(CCC(F)(F)F)c1ccccc1-2. The number of ketones is 1. The summed E-state index contributed by atoms with van der Waals surface area (Å²) in [5, 5.41) is 3.72. The molecule has 10 heteroatoms. The summed E-state index contributed by atoms with van der Waals surface area (Å²) in [5.41, 5.74) is 0.502. The summed E-state index contributed by atoms with van der Waals surface area (Å²) in [7, 11) is 0. The second-order valence-corrected chi connectivity index (χ2v) is 9.73. The van der Waals surface area contributed by atoms with Crippen LogP contribution in [0.15, 0.2) is 78.0 Å². The molecule has 0 saturated heterocycles. The maximum atomic E-state index is 13.6. The Labute approximate surface area is 226 Å². The number of rotatable bonds is 9. The van der Waals surface area contributed by atoms with E-state index in [1.807, 2.05) is 0 Å². The third kappa shape index (κ3) is 6.60. The fourth-order valence-electron chi connectivity index (χ4n) is 5.20. The van der Waals surface area contributed by atoms with E-state index < -0.39 is 55.2 Å². The van der Waals surface area contributed by atoms with Gasteiger partial charge in [0.2, 0.25) is 5.78 Å². The third-order valence-corrected chi connectivity index (χ3v) is 6.96. The first-order valence-electron chi connectivity index (χ1n) is 12.5. The summed E-state index contributed by atoms with van der Waals surface area (Å²) in [6, 6.07) is 19.5. The number of alkyl halides is 6. The van der Waals surface area contributed by atoms with Crippen LogP contribution in [0, 0.1) is 0 Å². The van der Waals surface area contributed by atoms with E-state index in [2.05, 4.69) is 5.16 Å². The molecule has 3 aromatic carbocycles. The Kier molecular flexibility index (Phi) is 8.18.